The molecule has 1 saturated heterocycles. The fourth-order valence-corrected chi connectivity index (χ4v) is 5.21. The van der Waals surface area contributed by atoms with E-state index in [9.17, 15) is 17.6 Å². The van der Waals surface area contributed by atoms with E-state index in [2.05, 4.69) is 12.2 Å². The molecule has 6 heteroatoms. The van der Waals surface area contributed by atoms with Crippen molar-refractivity contribution in [2.45, 2.75) is 42.2 Å². The van der Waals surface area contributed by atoms with Crippen LogP contribution < -0.4 is 0 Å². The Morgan fingerprint density at radius 2 is 1.71 bits per heavy atom. The van der Waals surface area contributed by atoms with E-state index in [0.717, 1.165) is 19.3 Å². The normalized spacial score (nSPS) is 22.5. The molecule has 1 amide bonds. The van der Waals surface area contributed by atoms with Crippen molar-refractivity contribution < 1.29 is 17.6 Å². The predicted octanol–water partition coefficient (Wildman–Crippen LogP) is 2.95. The molecule has 0 spiro atoms. The van der Waals surface area contributed by atoms with Crippen LogP contribution in [0.2, 0.25) is 0 Å². The van der Waals surface area contributed by atoms with Gasteiger partial charge in [0.1, 0.15) is 5.82 Å². The maximum atomic E-state index is 13.0. The number of halogens is 1. The summed E-state index contributed by atoms with van der Waals surface area (Å²) in [5.74, 6) is -0.256. The van der Waals surface area contributed by atoms with E-state index >= 15 is 0 Å². The summed E-state index contributed by atoms with van der Waals surface area (Å²) in [6, 6.07) is 4.97. The van der Waals surface area contributed by atoms with E-state index < -0.39 is 20.9 Å². The molecule has 130 valence electrons. The summed E-state index contributed by atoms with van der Waals surface area (Å²) in [4.78, 5) is 14.5. The number of hydrogen-bond acceptors (Lipinski definition) is 3. The van der Waals surface area contributed by atoms with Crippen molar-refractivity contribution in [1.29, 1.82) is 0 Å². The Bertz CT molecular complexity index is 719. The van der Waals surface area contributed by atoms with Crippen LogP contribution in [0.25, 0.3) is 0 Å². The second-order valence-corrected chi connectivity index (χ2v) is 8.73. The lowest BCUT2D eigenvalue weighted by molar-refractivity contribution is -0.136. The molecule has 1 aliphatic carbocycles. The van der Waals surface area contributed by atoms with E-state index in [1.54, 1.807) is 4.90 Å². The lowest BCUT2D eigenvalue weighted by atomic mass is 9.92. The molecule has 0 N–H and O–H groups in total. The van der Waals surface area contributed by atoms with Gasteiger partial charge in [0.05, 0.1) is 10.1 Å². The van der Waals surface area contributed by atoms with E-state index in [-0.39, 0.29) is 16.7 Å². The van der Waals surface area contributed by atoms with Crippen molar-refractivity contribution in [3.05, 3.63) is 42.2 Å². The number of carbonyl (C=O) groups is 1. The van der Waals surface area contributed by atoms with Crippen LogP contribution in [0.3, 0.4) is 0 Å². The molecule has 1 aliphatic heterocycles. The van der Waals surface area contributed by atoms with Crippen molar-refractivity contribution >= 4 is 15.7 Å². The first kappa shape index (κ1) is 17.1. The molecule has 0 bridgehead atoms. The van der Waals surface area contributed by atoms with Crippen molar-refractivity contribution in [3.8, 4) is 0 Å². The molecule has 24 heavy (non-hydrogen) atoms. The van der Waals surface area contributed by atoms with Gasteiger partial charge in [-0.15, -0.1) is 0 Å². The van der Waals surface area contributed by atoms with Gasteiger partial charge in [0, 0.05) is 19.0 Å². The average Bonchev–Trinajstić information content (AvgIpc) is 2.62. The van der Waals surface area contributed by atoms with Gasteiger partial charge in [-0.05, 0) is 56.4 Å². The number of rotatable bonds is 3. The van der Waals surface area contributed by atoms with Gasteiger partial charge >= 0.3 is 0 Å². The standard InChI is InChI=1S/C18H22FNO3S/c19-15-6-8-16(9-7-15)24(22,23)17-10-12-20(13-11-17)18(21)14-4-2-1-3-5-14/h1-2,6-9,14,17H,3-5,10-13H2/t14-/m1/s1. The Morgan fingerprint density at radius 3 is 2.29 bits per heavy atom. The van der Waals surface area contributed by atoms with Gasteiger partial charge in [0.2, 0.25) is 5.91 Å². The maximum Gasteiger partial charge on any atom is 0.226 e. The molecule has 2 aliphatic rings. The van der Waals surface area contributed by atoms with Gasteiger partial charge in [-0.1, -0.05) is 12.2 Å². The van der Waals surface area contributed by atoms with Gasteiger partial charge in [-0.2, -0.15) is 0 Å². The van der Waals surface area contributed by atoms with Crippen molar-refractivity contribution in [3.63, 3.8) is 0 Å². The van der Waals surface area contributed by atoms with Crippen molar-refractivity contribution in [1.82, 2.24) is 4.90 Å². The predicted molar refractivity (Wildman–Crippen MR) is 89.7 cm³/mol. The zero-order chi connectivity index (χ0) is 17.2. The smallest absolute Gasteiger partial charge is 0.226 e. The third-order valence-corrected chi connectivity index (χ3v) is 7.23. The number of hydrogen-bond donors (Lipinski definition) is 0. The molecule has 3 rings (SSSR count). The first-order valence-electron chi connectivity index (χ1n) is 8.42. The quantitative estimate of drug-likeness (QED) is 0.621. The summed E-state index contributed by atoms with van der Waals surface area (Å²) in [5, 5.41) is -0.502. The molecule has 1 aromatic carbocycles. The number of allylic oxidation sites excluding steroid dienone is 2. The molecule has 0 aromatic heterocycles. The van der Waals surface area contributed by atoms with Crippen LogP contribution in [0.5, 0.6) is 0 Å². The fourth-order valence-electron chi connectivity index (χ4n) is 3.48. The molecule has 0 saturated carbocycles. The Morgan fingerprint density at radius 1 is 1.04 bits per heavy atom. The van der Waals surface area contributed by atoms with Crippen LogP contribution in [0.4, 0.5) is 4.39 Å². The monoisotopic (exact) mass is 351 g/mol. The summed E-state index contributed by atoms with van der Waals surface area (Å²) in [7, 11) is -3.47. The topological polar surface area (TPSA) is 54.5 Å². The molecule has 1 fully saturated rings. The minimum Gasteiger partial charge on any atom is -0.342 e. The number of sulfone groups is 1. The van der Waals surface area contributed by atoms with Gasteiger partial charge in [0.15, 0.2) is 9.84 Å². The van der Waals surface area contributed by atoms with Crippen molar-refractivity contribution in [2.24, 2.45) is 5.92 Å². The average molecular weight is 351 g/mol. The van der Waals surface area contributed by atoms with E-state index in [0.29, 0.717) is 25.9 Å². The highest BCUT2D eigenvalue weighted by Gasteiger charge is 2.34. The first-order valence-corrected chi connectivity index (χ1v) is 9.96. The SMILES string of the molecule is O=C([C@@H]1CC=CCC1)N1CCC(S(=O)(=O)c2ccc(F)cc2)CC1. The van der Waals surface area contributed by atoms with Gasteiger partial charge in [-0.3, -0.25) is 4.79 Å². The third-order valence-electron chi connectivity index (χ3n) is 4.95. The molecule has 0 radical (unpaired) electrons. The Hall–Kier alpha value is -1.69. The summed E-state index contributed by atoms with van der Waals surface area (Å²) in [5.41, 5.74) is 0. The van der Waals surface area contributed by atoms with Crippen LogP contribution in [0, 0.1) is 11.7 Å². The molecular formula is C18H22FNO3S. The van der Waals surface area contributed by atoms with Gasteiger partial charge < -0.3 is 4.90 Å². The number of likely N-dealkylation sites (tertiary alicyclic amines) is 1. The molecule has 4 nitrogen and oxygen atoms in total. The largest absolute Gasteiger partial charge is 0.342 e. The highest BCUT2D eigenvalue weighted by Crippen LogP contribution is 2.27. The molecular weight excluding hydrogens is 329 g/mol. The Labute approximate surface area is 142 Å². The highest BCUT2D eigenvalue weighted by molar-refractivity contribution is 7.92. The lowest BCUT2D eigenvalue weighted by Gasteiger charge is -2.34. The van der Waals surface area contributed by atoms with Crippen LogP contribution in [-0.4, -0.2) is 37.6 Å². The zero-order valence-corrected chi connectivity index (χ0v) is 14.3. The number of amides is 1. The van der Waals surface area contributed by atoms with E-state index in [1.807, 2.05) is 0 Å². The molecule has 1 atom stereocenters. The molecule has 1 heterocycles. The minimum absolute atomic E-state index is 0.0419. The first-order chi connectivity index (χ1) is 11.5. The van der Waals surface area contributed by atoms with Crippen molar-refractivity contribution in [2.75, 3.05) is 13.1 Å². The number of piperidine rings is 1. The minimum atomic E-state index is -3.47. The number of carbonyl (C=O) groups excluding carboxylic acids is 1. The summed E-state index contributed by atoms with van der Waals surface area (Å²) >= 11 is 0. The second-order valence-electron chi connectivity index (χ2n) is 6.50. The molecule has 1 aromatic rings. The van der Waals surface area contributed by atoms with Crippen LogP contribution >= 0.6 is 0 Å². The summed E-state index contributed by atoms with van der Waals surface area (Å²) in [6.07, 6.45) is 7.63. The van der Waals surface area contributed by atoms with Crippen LogP contribution in [-0.2, 0) is 14.6 Å². The van der Waals surface area contributed by atoms with Crippen LogP contribution in [0.15, 0.2) is 41.3 Å². The second kappa shape index (κ2) is 7.05. The van der Waals surface area contributed by atoms with E-state index in [4.69, 9.17) is 0 Å². The van der Waals surface area contributed by atoms with E-state index in [1.165, 1.54) is 24.3 Å². The molecule has 0 unspecified atom stereocenters. The van der Waals surface area contributed by atoms with Gasteiger partial charge in [0.25, 0.3) is 0 Å². The lowest BCUT2D eigenvalue weighted by Crippen LogP contribution is -2.45. The number of nitrogens with zero attached hydrogens (tertiary/aromatic N) is 1. The summed E-state index contributed by atoms with van der Waals surface area (Å²) < 4.78 is 38.3. The zero-order valence-electron chi connectivity index (χ0n) is 13.5. The number of benzene rings is 1. The summed E-state index contributed by atoms with van der Waals surface area (Å²) in [6.45, 7) is 0.953. The Balaban J connectivity index is 1.63. The Kier molecular flexibility index (Phi) is 5.04. The van der Waals surface area contributed by atoms with Crippen LogP contribution in [0.1, 0.15) is 32.1 Å². The fraction of sp³-hybridized carbons (Fsp3) is 0.500. The maximum absolute atomic E-state index is 13.0. The highest BCUT2D eigenvalue weighted by atomic mass is 32.2. The third kappa shape index (κ3) is 3.53. The van der Waals surface area contributed by atoms with Gasteiger partial charge in [-0.25, -0.2) is 12.8 Å².